The summed E-state index contributed by atoms with van der Waals surface area (Å²) in [5, 5.41) is 10.2. The fraction of sp³-hybridized carbons (Fsp3) is 0.500. The number of carbonyl (C=O) groups is 1. The summed E-state index contributed by atoms with van der Waals surface area (Å²) in [7, 11) is 0.993. The molecule has 2 aromatic rings. The number of amides is 1. The third-order valence-corrected chi connectivity index (χ3v) is 6.09. The molecule has 8 nitrogen and oxygen atoms in total. The number of alkyl halides is 7. The minimum absolute atomic E-state index is 0.169. The van der Waals surface area contributed by atoms with E-state index >= 15 is 0 Å². The van der Waals surface area contributed by atoms with Gasteiger partial charge in [0.05, 0.1) is 11.8 Å². The number of likely N-dealkylation sites (N-methyl/N-ethyl adjacent to an activating group) is 1. The summed E-state index contributed by atoms with van der Waals surface area (Å²) >= 11 is 0. The minimum Gasteiger partial charge on any atom is -0.428 e. The van der Waals surface area contributed by atoms with Gasteiger partial charge in [0.2, 0.25) is 0 Å². The van der Waals surface area contributed by atoms with Gasteiger partial charge in [-0.15, -0.1) is 0 Å². The molecule has 0 spiro atoms. The van der Waals surface area contributed by atoms with Gasteiger partial charge in [0.15, 0.2) is 17.3 Å². The highest BCUT2D eigenvalue weighted by Crippen LogP contribution is 2.48. The monoisotopic (exact) mass is 536 g/mol. The van der Waals surface area contributed by atoms with Crippen LogP contribution in [0.4, 0.5) is 30.7 Å². The fourth-order valence-corrected chi connectivity index (χ4v) is 4.06. The normalized spacial score (nSPS) is 16.7. The largest absolute Gasteiger partial charge is 0.459 e. The maximum absolute atomic E-state index is 14.1. The first-order valence-electron chi connectivity index (χ1n) is 11.2. The number of nitrogens with zero attached hydrogens (tertiary/aromatic N) is 5. The minimum atomic E-state index is -6.10. The van der Waals surface area contributed by atoms with Gasteiger partial charge in [0, 0.05) is 43.6 Å². The molecule has 202 valence electrons. The lowest BCUT2D eigenvalue weighted by atomic mass is 10.0. The predicted octanol–water partition coefficient (Wildman–Crippen LogP) is 4.13. The Bertz CT molecular complexity index is 1260. The van der Waals surface area contributed by atoms with Crippen LogP contribution in [0.2, 0.25) is 0 Å². The molecule has 37 heavy (non-hydrogen) atoms. The van der Waals surface area contributed by atoms with Gasteiger partial charge in [-0.05, 0) is 38.3 Å². The number of carbonyl (C=O) groups excluding carboxylic acids is 1. The Morgan fingerprint density at radius 1 is 1.27 bits per heavy atom. The summed E-state index contributed by atoms with van der Waals surface area (Å²) in [6.07, 6.45) is -0.122. The van der Waals surface area contributed by atoms with E-state index in [1.165, 1.54) is 12.4 Å². The summed E-state index contributed by atoms with van der Waals surface area (Å²) in [6.45, 7) is 0.699. The van der Waals surface area contributed by atoms with Crippen molar-refractivity contribution in [3.63, 3.8) is 0 Å². The molecule has 1 N–H and O–H groups in total. The molecule has 0 radical (unpaired) electrons. The van der Waals surface area contributed by atoms with Crippen LogP contribution < -0.4 is 10.1 Å². The molecule has 2 aromatic heterocycles. The smallest absolute Gasteiger partial charge is 0.428 e. The van der Waals surface area contributed by atoms with Gasteiger partial charge in [-0.1, -0.05) is 0 Å². The van der Waals surface area contributed by atoms with Crippen molar-refractivity contribution in [2.24, 2.45) is 7.05 Å². The van der Waals surface area contributed by atoms with E-state index in [0.717, 1.165) is 24.6 Å². The van der Waals surface area contributed by atoms with Gasteiger partial charge in [-0.25, -0.2) is 9.36 Å². The molecular formula is C22H23F7N6O2. The van der Waals surface area contributed by atoms with Crippen molar-refractivity contribution in [2.45, 2.75) is 51.4 Å². The highest BCUT2D eigenvalue weighted by molar-refractivity contribution is 6.00. The number of halogens is 7. The van der Waals surface area contributed by atoms with E-state index in [9.17, 15) is 35.5 Å². The molecule has 3 heterocycles. The lowest BCUT2D eigenvalue weighted by Gasteiger charge is -2.25. The standard InChI is InChI=1S/C22H23F7N6O2/c1-4-34(14-5-6-14)19(36)15-7-12(8-30-11(15)2)13-9-31-35(10-13)18-16(37-20(23)24)17(32-33(18)3)21(25,26)22(27,28)29/h7,9-10,14,20,30H,4-6,8H2,1-3H3. The number of hydrogen-bond acceptors (Lipinski definition) is 5. The number of ether oxygens (including phenoxy) is 1. The number of aromatic nitrogens is 4. The van der Waals surface area contributed by atoms with E-state index in [2.05, 4.69) is 20.3 Å². The van der Waals surface area contributed by atoms with Crippen molar-refractivity contribution in [1.29, 1.82) is 0 Å². The molecule has 0 bridgehead atoms. The van der Waals surface area contributed by atoms with Crippen LogP contribution in [-0.2, 0) is 17.8 Å². The van der Waals surface area contributed by atoms with Gasteiger partial charge in [0.1, 0.15) is 0 Å². The molecule has 1 amide bonds. The van der Waals surface area contributed by atoms with Crippen LogP contribution in [-0.4, -0.2) is 62.3 Å². The molecule has 2 aliphatic rings. The predicted molar refractivity (Wildman–Crippen MR) is 116 cm³/mol. The second-order valence-electron chi connectivity index (χ2n) is 8.63. The first-order valence-corrected chi connectivity index (χ1v) is 11.2. The van der Waals surface area contributed by atoms with Crippen molar-refractivity contribution in [3.8, 4) is 11.6 Å². The molecule has 0 unspecified atom stereocenters. The SMILES string of the molecule is CCN(C(=O)C1=C(C)NCC(c2cnn(-c3c(OC(F)F)c(C(F)(F)C(F)(F)F)nn3C)c2)=C1)C1CC1. The molecule has 1 fully saturated rings. The summed E-state index contributed by atoms with van der Waals surface area (Å²) < 4.78 is 98.6. The van der Waals surface area contributed by atoms with E-state index in [0.29, 0.717) is 33.6 Å². The average molecular weight is 536 g/mol. The summed E-state index contributed by atoms with van der Waals surface area (Å²) in [4.78, 5) is 14.9. The van der Waals surface area contributed by atoms with Crippen LogP contribution in [0.1, 0.15) is 37.9 Å². The summed E-state index contributed by atoms with van der Waals surface area (Å²) in [6, 6.07) is 0.182. The Hall–Kier alpha value is -3.52. The molecule has 0 aromatic carbocycles. The number of rotatable bonds is 8. The van der Waals surface area contributed by atoms with Crippen molar-refractivity contribution in [1.82, 2.24) is 29.8 Å². The van der Waals surface area contributed by atoms with E-state index in [-0.39, 0.29) is 18.5 Å². The van der Waals surface area contributed by atoms with Gasteiger partial charge >= 0.3 is 18.7 Å². The molecule has 4 rings (SSSR count). The molecule has 0 atom stereocenters. The summed E-state index contributed by atoms with van der Waals surface area (Å²) in [5.41, 5.74) is -0.0188. The van der Waals surface area contributed by atoms with Crippen LogP contribution >= 0.6 is 0 Å². The maximum atomic E-state index is 14.1. The third kappa shape index (κ3) is 4.90. The van der Waals surface area contributed by atoms with E-state index in [4.69, 9.17) is 0 Å². The third-order valence-electron chi connectivity index (χ3n) is 6.09. The number of hydrogen-bond donors (Lipinski definition) is 1. The van der Waals surface area contributed by atoms with Crippen molar-refractivity contribution in [2.75, 3.05) is 13.1 Å². The molecule has 15 heteroatoms. The van der Waals surface area contributed by atoms with Gasteiger partial charge < -0.3 is 15.0 Å². The molecule has 1 aliphatic heterocycles. The maximum Gasteiger partial charge on any atom is 0.459 e. The lowest BCUT2D eigenvalue weighted by molar-refractivity contribution is -0.291. The Morgan fingerprint density at radius 2 is 1.95 bits per heavy atom. The quantitative estimate of drug-likeness (QED) is 0.514. The molecular weight excluding hydrogens is 513 g/mol. The van der Waals surface area contributed by atoms with Gasteiger partial charge in [-0.2, -0.15) is 40.9 Å². The molecule has 1 saturated carbocycles. The van der Waals surface area contributed by atoms with Crippen LogP contribution in [0, 0.1) is 0 Å². The highest BCUT2D eigenvalue weighted by Gasteiger charge is 2.62. The zero-order valence-corrected chi connectivity index (χ0v) is 19.9. The Balaban J connectivity index is 1.72. The zero-order chi connectivity index (χ0) is 27.3. The average Bonchev–Trinajstić information content (AvgIpc) is 3.42. The van der Waals surface area contributed by atoms with Crippen LogP contribution in [0.3, 0.4) is 0 Å². The Labute approximate surface area is 206 Å². The van der Waals surface area contributed by atoms with Gasteiger partial charge in [-0.3, -0.25) is 4.79 Å². The molecule has 0 saturated heterocycles. The van der Waals surface area contributed by atoms with Crippen LogP contribution in [0.25, 0.3) is 11.4 Å². The first-order chi connectivity index (χ1) is 17.3. The zero-order valence-electron chi connectivity index (χ0n) is 19.9. The number of nitrogens with one attached hydrogen (secondary N) is 1. The lowest BCUT2D eigenvalue weighted by Crippen LogP contribution is -2.36. The molecule has 1 aliphatic carbocycles. The summed E-state index contributed by atoms with van der Waals surface area (Å²) in [5.74, 6) is -7.86. The van der Waals surface area contributed by atoms with E-state index in [1.54, 1.807) is 17.9 Å². The highest BCUT2D eigenvalue weighted by atomic mass is 19.4. The van der Waals surface area contributed by atoms with E-state index < -0.39 is 36.0 Å². The fourth-order valence-electron chi connectivity index (χ4n) is 4.06. The number of dihydropyridines is 1. The van der Waals surface area contributed by atoms with E-state index in [1.807, 2.05) is 6.92 Å². The van der Waals surface area contributed by atoms with Gasteiger partial charge in [0.25, 0.3) is 5.91 Å². The van der Waals surface area contributed by atoms with Crippen LogP contribution in [0.5, 0.6) is 5.75 Å². The van der Waals surface area contributed by atoms with Crippen molar-refractivity contribution >= 4 is 11.5 Å². The second kappa shape index (κ2) is 9.41. The van der Waals surface area contributed by atoms with Crippen LogP contribution in [0.15, 0.2) is 29.7 Å². The second-order valence-corrected chi connectivity index (χ2v) is 8.63. The number of allylic oxidation sites excluding steroid dienone is 1. The first kappa shape index (κ1) is 26.5. The topological polar surface area (TPSA) is 77.2 Å². The Morgan fingerprint density at radius 3 is 2.51 bits per heavy atom. The van der Waals surface area contributed by atoms with Crippen molar-refractivity contribution < 1.29 is 40.3 Å². The number of aryl methyl sites for hydroxylation is 1. The Kier molecular flexibility index (Phi) is 6.75. The van der Waals surface area contributed by atoms with Crippen molar-refractivity contribution in [3.05, 3.63) is 41.0 Å².